The van der Waals surface area contributed by atoms with Crippen molar-refractivity contribution in [1.82, 2.24) is 16.0 Å². The van der Waals surface area contributed by atoms with Gasteiger partial charge in [0.1, 0.15) is 17.7 Å². The molecule has 44 heavy (non-hydrogen) atoms. The van der Waals surface area contributed by atoms with E-state index in [9.17, 15) is 19.2 Å². The number of rotatable bonds is 12. The van der Waals surface area contributed by atoms with Gasteiger partial charge in [0, 0.05) is 21.9 Å². The van der Waals surface area contributed by atoms with Crippen LogP contribution in [0.5, 0.6) is 0 Å². The van der Waals surface area contributed by atoms with Gasteiger partial charge in [0.15, 0.2) is 0 Å². The number of halogens is 1. The maximum atomic E-state index is 13.9. The first-order chi connectivity index (χ1) is 20.5. The first-order valence-electron chi connectivity index (χ1n) is 15.0. The largest absolute Gasteiger partial charge is 0.467 e. The Hall–Kier alpha value is -3.59. The Morgan fingerprint density at radius 3 is 2.27 bits per heavy atom. The quantitative estimate of drug-likeness (QED) is 0.254. The van der Waals surface area contributed by atoms with Crippen LogP contribution in [0.15, 0.2) is 54.6 Å². The van der Waals surface area contributed by atoms with Gasteiger partial charge in [-0.05, 0) is 69.2 Å². The minimum absolute atomic E-state index is 0.00291. The maximum absolute atomic E-state index is 13.9. The molecule has 0 aromatic heterocycles. The molecule has 0 bridgehead atoms. The monoisotopic (exact) mass is 627 g/mol. The van der Waals surface area contributed by atoms with Crippen LogP contribution < -0.4 is 16.0 Å². The summed E-state index contributed by atoms with van der Waals surface area (Å²) >= 11 is 6.31. The highest BCUT2D eigenvalue weighted by Gasteiger charge is 2.44. The third kappa shape index (κ3) is 8.74. The lowest BCUT2D eigenvalue weighted by atomic mass is 9.76. The molecule has 1 fully saturated rings. The highest BCUT2D eigenvalue weighted by molar-refractivity contribution is 6.30. The molecule has 0 radical (unpaired) electrons. The Balaban J connectivity index is 1.87. The number of ether oxygens (including phenoxy) is 2. The SMILES string of the molecule is COC(=O)C(CC1CC(C)(C)NC1=O)NC(=O)C(C)(CC(C)C)NC(=O)OC(c1ccccc1)C(C)(C)c1cccc(Cl)c1. The topological polar surface area (TPSA) is 123 Å². The van der Waals surface area contributed by atoms with E-state index >= 15 is 0 Å². The van der Waals surface area contributed by atoms with Gasteiger partial charge < -0.3 is 25.4 Å². The summed E-state index contributed by atoms with van der Waals surface area (Å²) < 4.78 is 11.1. The number of benzene rings is 2. The molecule has 3 N–H and O–H groups in total. The molecular weight excluding hydrogens is 582 g/mol. The second kappa shape index (κ2) is 14.0. The van der Waals surface area contributed by atoms with Crippen molar-refractivity contribution in [2.45, 2.75) is 96.4 Å². The number of hydrogen-bond acceptors (Lipinski definition) is 6. The number of carbonyl (C=O) groups is 4. The summed E-state index contributed by atoms with van der Waals surface area (Å²) in [6, 6.07) is 15.7. The second-order valence-corrected chi connectivity index (χ2v) is 14.0. The smallest absolute Gasteiger partial charge is 0.408 e. The van der Waals surface area contributed by atoms with Crippen molar-refractivity contribution in [3.8, 4) is 0 Å². The van der Waals surface area contributed by atoms with Crippen molar-refractivity contribution in [3.63, 3.8) is 0 Å². The van der Waals surface area contributed by atoms with Crippen LogP contribution in [0.25, 0.3) is 0 Å². The van der Waals surface area contributed by atoms with Gasteiger partial charge in [-0.2, -0.15) is 0 Å². The average Bonchev–Trinajstić information content (AvgIpc) is 3.20. The molecular formula is C34H46ClN3O6. The number of hydrogen-bond donors (Lipinski definition) is 3. The van der Waals surface area contributed by atoms with Gasteiger partial charge in [-0.1, -0.05) is 81.8 Å². The molecule has 9 nitrogen and oxygen atoms in total. The Morgan fingerprint density at radius 1 is 1.07 bits per heavy atom. The number of alkyl carbamates (subject to hydrolysis) is 1. The number of nitrogens with one attached hydrogen (secondary N) is 3. The second-order valence-electron chi connectivity index (χ2n) is 13.5. The van der Waals surface area contributed by atoms with Gasteiger partial charge in [0.2, 0.25) is 11.8 Å². The van der Waals surface area contributed by atoms with Crippen LogP contribution in [-0.4, -0.2) is 48.1 Å². The lowest BCUT2D eigenvalue weighted by Gasteiger charge is -2.37. The highest BCUT2D eigenvalue weighted by Crippen LogP contribution is 2.40. The van der Waals surface area contributed by atoms with Crippen LogP contribution in [0.2, 0.25) is 5.02 Å². The van der Waals surface area contributed by atoms with Crippen molar-refractivity contribution in [2.75, 3.05) is 7.11 Å². The van der Waals surface area contributed by atoms with Gasteiger partial charge in [0.05, 0.1) is 7.11 Å². The molecule has 240 valence electrons. The van der Waals surface area contributed by atoms with Crippen LogP contribution in [0, 0.1) is 11.8 Å². The third-order valence-corrected chi connectivity index (χ3v) is 8.38. The van der Waals surface area contributed by atoms with E-state index in [-0.39, 0.29) is 24.7 Å². The van der Waals surface area contributed by atoms with Crippen LogP contribution in [-0.2, 0) is 29.3 Å². The van der Waals surface area contributed by atoms with E-state index in [1.165, 1.54) is 7.11 Å². The molecule has 0 saturated carbocycles. The summed E-state index contributed by atoms with van der Waals surface area (Å²) in [5.41, 5.74) is -0.930. The molecule has 3 rings (SSSR count). The molecule has 1 saturated heterocycles. The Labute approximate surface area is 265 Å². The first-order valence-corrected chi connectivity index (χ1v) is 15.4. The maximum Gasteiger partial charge on any atom is 0.408 e. The van der Waals surface area contributed by atoms with Gasteiger partial charge in [-0.3, -0.25) is 9.59 Å². The molecule has 4 unspecified atom stereocenters. The van der Waals surface area contributed by atoms with Gasteiger partial charge in [-0.15, -0.1) is 0 Å². The van der Waals surface area contributed by atoms with E-state index in [0.29, 0.717) is 11.4 Å². The zero-order valence-corrected chi connectivity index (χ0v) is 27.7. The summed E-state index contributed by atoms with van der Waals surface area (Å²) in [4.78, 5) is 52.8. The predicted octanol–water partition coefficient (Wildman–Crippen LogP) is 5.85. The fraction of sp³-hybridized carbons (Fsp3) is 0.529. The molecule has 2 aromatic carbocycles. The van der Waals surface area contributed by atoms with Crippen LogP contribution in [0.1, 0.15) is 85.0 Å². The molecule has 0 aliphatic carbocycles. The number of methoxy groups -OCH3 is 1. The van der Waals surface area contributed by atoms with E-state index in [1.807, 2.05) is 90.1 Å². The van der Waals surface area contributed by atoms with E-state index in [2.05, 4.69) is 16.0 Å². The Kier molecular flexibility index (Phi) is 11.1. The normalized spacial score (nSPS) is 18.9. The van der Waals surface area contributed by atoms with E-state index < -0.39 is 52.5 Å². The zero-order valence-electron chi connectivity index (χ0n) is 27.0. The summed E-state index contributed by atoms with van der Waals surface area (Å²) in [7, 11) is 1.23. The molecule has 10 heteroatoms. The zero-order chi connectivity index (χ0) is 32.9. The van der Waals surface area contributed by atoms with Gasteiger partial charge >= 0.3 is 12.1 Å². The van der Waals surface area contributed by atoms with Gasteiger partial charge in [-0.25, -0.2) is 9.59 Å². The molecule has 0 spiro atoms. The predicted molar refractivity (Wildman–Crippen MR) is 170 cm³/mol. The molecule has 3 amide bonds. The van der Waals surface area contributed by atoms with Crippen LogP contribution in [0.4, 0.5) is 4.79 Å². The van der Waals surface area contributed by atoms with Crippen molar-refractivity contribution >= 4 is 35.5 Å². The number of amides is 3. The van der Waals surface area contributed by atoms with Crippen molar-refractivity contribution < 1.29 is 28.7 Å². The van der Waals surface area contributed by atoms with Crippen molar-refractivity contribution in [2.24, 2.45) is 11.8 Å². The Morgan fingerprint density at radius 2 is 1.73 bits per heavy atom. The lowest BCUT2D eigenvalue weighted by Crippen LogP contribution is -2.60. The molecule has 1 aliphatic heterocycles. The van der Waals surface area contributed by atoms with E-state index in [0.717, 1.165) is 11.1 Å². The number of esters is 1. The molecule has 1 aliphatic rings. The third-order valence-electron chi connectivity index (χ3n) is 8.15. The molecule has 2 aromatic rings. The lowest BCUT2D eigenvalue weighted by molar-refractivity contribution is -0.146. The summed E-state index contributed by atoms with van der Waals surface area (Å²) in [6.07, 6.45) is -0.696. The summed E-state index contributed by atoms with van der Waals surface area (Å²) in [6.45, 7) is 13.2. The fourth-order valence-corrected chi connectivity index (χ4v) is 6.21. The standard InChI is InChI=1S/C34H46ClN3O6/c1-21(2)19-34(7,30(41)36-26(29(40)43-8)17-23-20-32(3,4)37-28(23)39)38-31(42)44-27(22-13-10-9-11-14-22)33(5,6)24-15-12-16-25(35)18-24/h9-16,18,21,23,26-27H,17,19-20H2,1-8H3,(H,36,41)(H,37,39)(H,38,42). The molecule has 4 atom stereocenters. The fourth-order valence-electron chi connectivity index (χ4n) is 6.02. The van der Waals surface area contributed by atoms with Crippen LogP contribution >= 0.6 is 11.6 Å². The van der Waals surface area contributed by atoms with Crippen molar-refractivity contribution in [3.05, 3.63) is 70.7 Å². The van der Waals surface area contributed by atoms with Crippen molar-refractivity contribution in [1.29, 1.82) is 0 Å². The Bertz CT molecular complexity index is 1350. The van der Waals surface area contributed by atoms with E-state index in [1.54, 1.807) is 13.0 Å². The summed E-state index contributed by atoms with van der Waals surface area (Å²) in [5.74, 6) is -1.92. The number of carbonyl (C=O) groups excluding carboxylic acids is 4. The first kappa shape index (κ1) is 34.9. The highest BCUT2D eigenvalue weighted by atomic mass is 35.5. The van der Waals surface area contributed by atoms with Crippen LogP contribution in [0.3, 0.4) is 0 Å². The van der Waals surface area contributed by atoms with E-state index in [4.69, 9.17) is 21.1 Å². The molecule has 1 heterocycles. The minimum Gasteiger partial charge on any atom is -0.467 e. The van der Waals surface area contributed by atoms with Gasteiger partial charge in [0.25, 0.3) is 0 Å². The minimum atomic E-state index is -1.45. The summed E-state index contributed by atoms with van der Waals surface area (Å²) in [5, 5.41) is 9.05. The average molecular weight is 628 g/mol.